The summed E-state index contributed by atoms with van der Waals surface area (Å²) in [5.74, 6) is -0.944. The van der Waals surface area contributed by atoms with E-state index in [9.17, 15) is 24.2 Å². The first-order valence-electron chi connectivity index (χ1n) is 22.4. The summed E-state index contributed by atoms with van der Waals surface area (Å²) in [5.41, 5.74) is 0. The summed E-state index contributed by atoms with van der Waals surface area (Å²) in [6.07, 6.45) is 42.5. The Bertz CT molecular complexity index is 1030. The van der Waals surface area contributed by atoms with Crippen molar-refractivity contribution in [3.8, 4) is 0 Å². The SMILES string of the molecule is CCCCC/C=C/C/C=C/C/C=C/CCCCCCC(=O)OC[C@H](COP(=O)(O)OC[C@@H](O)CO)OC(=O)CCCCCCCCCCCCCCCCCC. The second kappa shape index (κ2) is 41.4. The first-order valence-corrected chi connectivity index (χ1v) is 23.9. The molecule has 56 heavy (non-hydrogen) atoms. The first-order chi connectivity index (χ1) is 27.2. The molecule has 0 bridgehead atoms. The molecule has 0 aromatic carbocycles. The van der Waals surface area contributed by atoms with E-state index in [-0.39, 0.29) is 19.4 Å². The second-order valence-electron chi connectivity index (χ2n) is 15.1. The lowest BCUT2D eigenvalue weighted by Crippen LogP contribution is -2.29. The lowest BCUT2D eigenvalue weighted by Gasteiger charge is -2.20. The molecular weight excluding hydrogens is 731 g/mol. The molecule has 0 aliphatic carbocycles. The van der Waals surface area contributed by atoms with Crippen LogP contribution in [-0.4, -0.2) is 65.7 Å². The van der Waals surface area contributed by atoms with E-state index in [0.717, 1.165) is 57.8 Å². The number of esters is 2. The van der Waals surface area contributed by atoms with Crippen LogP contribution in [0.1, 0.15) is 200 Å². The number of phosphoric ester groups is 1. The third kappa shape index (κ3) is 40.4. The van der Waals surface area contributed by atoms with Crippen molar-refractivity contribution in [1.29, 1.82) is 0 Å². The molecule has 0 radical (unpaired) electrons. The number of aliphatic hydroxyl groups is 2. The van der Waals surface area contributed by atoms with Crippen molar-refractivity contribution in [2.45, 2.75) is 212 Å². The summed E-state index contributed by atoms with van der Waals surface area (Å²) in [4.78, 5) is 35.0. The van der Waals surface area contributed by atoms with Crippen LogP contribution in [0.15, 0.2) is 36.5 Å². The Labute approximate surface area is 341 Å². The van der Waals surface area contributed by atoms with Gasteiger partial charge in [0.05, 0.1) is 19.8 Å². The van der Waals surface area contributed by atoms with Gasteiger partial charge in [0.15, 0.2) is 6.10 Å². The van der Waals surface area contributed by atoms with Gasteiger partial charge in [0, 0.05) is 12.8 Å². The van der Waals surface area contributed by atoms with Gasteiger partial charge in [0.2, 0.25) is 0 Å². The number of hydrogen-bond donors (Lipinski definition) is 3. The number of aliphatic hydroxyl groups excluding tert-OH is 2. The highest BCUT2D eigenvalue weighted by Crippen LogP contribution is 2.43. The van der Waals surface area contributed by atoms with Gasteiger partial charge in [-0.2, -0.15) is 0 Å². The quantitative estimate of drug-likeness (QED) is 0.0235. The lowest BCUT2D eigenvalue weighted by atomic mass is 10.0. The topological polar surface area (TPSA) is 149 Å². The number of allylic oxidation sites excluding steroid dienone is 6. The summed E-state index contributed by atoms with van der Waals surface area (Å²) in [7, 11) is -4.62. The van der Waals surface area contributed by atoms with Crippen molar-refractivity contribution < 1.29 is 47.8 Å². The Morgan fingerprint density at radius 1 is 0.536 bits per heavy atom. The Hall–Kier alpha value is -1.81. The number of carbonyl (C=O) groups excluding carboxylic acids is 2. The molecule has 0 saturated heterocycles. The zero-order valence-electron chi connectivity index (χ0n) is 35.6. The van der Waals surface area contributed by atoms with Crippen LogP contribution >= 0.6 is 7.82 Å². The molecule has 11 heteroatoms. The van der Waals surface area contributed by atoms with Crippen LogP contribution in [-0.2, 0) is 32.7 Å². The number of unbranched alkanes of at least 4 members (excludes halogenated alkanes) is 22. The van der Waals surface area contributed by atoms with Crippen LogP contribution in [0.3, 0.4) is 0 Å². The van der Waals surface area contributed by atoms with E-state index in [4.69, 9.17) is 23.6 Å². The average molecular weight is 815 g/mol. The zero-order valence-corrected chi connectivity index (χ0v) is 36.5. The van der Waals surface area contributed by atoms with Gasteiger partial charge in [-0.05, 0) is 51.4 Å². The van der Waals surface area contributed by atoms with Crippen LogP contribution in [0, 0.1) is 0 Å². The molecule has 0 aromatic heterocycles. The molecule has 0 saturated carbocycles. The summed E-state index contributed by atoms with van der Waals surface area (Å²) >= 11 is 0. The minimum atomic E-state index is -4.62. The van der Waals surface area contributed by atoms with Gasteiger partial charge in [0.25, 0.3) is 0 Å². The van der Waals surface area contributed by atoms with Crippen molar-refractivity contribution in [2.24, 2.45) is 0 Å². The molecule has 3 N–H and O–H groups in total. The maximum Gasteiger partial charge on any atom is 0.472 e. The second-order valence-corrected chi connectivity index (χ2v) is 16.5. The summed E-state index contributed by atoms with van der Waals surface area (Å²) in [6, 6.07) is 0. The van der Waals surface area contributed by atoms with Crippen LogP contribution in [0.2, 0.25) is 0 Å². The standard InChI is InChI=1S/C45H83O10P/c1-3-5-7-9-11-13-15-17-19-21-23-24-26-28-30-32-34-36-44(48)52-40-43(41-54-56(50,51)53-39-42(47)38-46)55-45(49)37-35-33-31-29-27-25-22-20-18-16-14-12-10-8-6-4-2/h11,13,17,19,23-24,42-43,46-47H,3-10,12,14-16,18,20-22,25-41H2,1-2H3,(H,50,51)/b13-11+,19-17+,24-23+/t42-,43+/m0/s1. The molecule has 0 heterocycles. The minimum absolute atomic E-state index is 0.182. The van der Waals surface area contributed by atoms with Crippen LogP contribution < -0.4 is 0 Å². The van der Waals surface area contributed by atoms with Crippen molar-refractivity contribution in [2.75, 3.05) is 26.4 Å². The van der Waals surface area contributed by atoms with E-state index in [1.807, 2.05) is 0 Å². The fraction of sp³-hybridized carbons (Fsp3) is 0.822. The molecule has 1 unspecified atom stereocenters. The molecule has 0 amide bonds. The summed E-state index contributed by atoms with van der Waals surface area (Å²) < 4.78 is 32.7. The Balaban J connectivity index is 4.30. The lowest BCUT2D eigenvalue weighted by molar-refractivity contribution is -0.161. The van der Waals surface area contributed by atoms with Gasteiger partial charge < -0.3 is 24.6 Å². The molecule has 0 aliphatic heterocycles. The first kappa shape index (κ1) is 54.2. The molecule has 0 rings (SSSR count). The van der Waals surface area contributed by atoms with E-state index < -0.39 is 51.8 Å². The molecule has 0 fully saturated rings. The van der Waals surface area contributed by atoms with Crippen molar-refractivity contribution >= 4 is 19.8 Å². The fourth-order valence-corrected chi connectivity index (χ4v) is 6.85. The largest absolute Gasteiger partial charge is 0.472 e. The molecule has 3 atom stereocenters. The summed E-state index contributed by atoms with van der Waals surface area (Å²) in [6.45, 7) is 2.34. The van der Waals surface area contributed by atoms with Gasteiger partial charge >= 0.3 is 19.8 Å². The highest BCUT2D eigenvalue weighted by Gasteiger charge is 2.27. The van der Waals surface area contributed by atoms with Crippen LogP contribution in [0.25, 0.3) is 0 Å². The smallest absolute Gasteiger partial charge is 0.462 e. The average Bonchev–Trinajstić information content (AvgIpc) is 3.19. The molecule has 10 nitrogen and oxygen atoms in total. The molecule has 328 valence electrons. The van der Waals surface area contributed by atoms with Gasteiger partial charge in [0.1, 0.15) is 12.7 Å². The summed E-state index contributed by atoms with van der Waals surface area (Å²) in [5, 5.41) is 18.3. The van der Waals surface area contributed by atoms with E-state index in [2.05, 4.69) is 50.3 Å². The maximum absolute atomic E-state index is 12.6. The number of ether oxygens (including phenoxy) is 2. The predicted octanol–water partition coefficient (Wildman–Crippen LogP) is 11.9. The third-order valence-corrected chi connectivity index (χ3v) is 10.5. The minimum Gasteiger partial charge on any atom is -0.462 e. The van der Waals surface area contributed by atoms with E-state index in [1.54, 1.807) is 0 Å². The number of hydrogen-bond acceptors (Lipinski definition) is 9. The van der Waals surface area contributed by atoms with Crippen molar-refractivity contribution in [1.82, 2.24) is 0 Å². The molecule has 0 spiro atoms. The molecule has 0 aliphatic rings. The number of phosphoric acid groups is 1. The number of rotatable bonds is 42. The van der Waals surface area contributed by atoms with Crippen molar-refractivity contribution in [3.05, 3.63) is 36.5 Å². The van der Waals surface area contributed by atoms with Gasteiger partial charge in [-0.3, -0.25) is 18.6 Å². The van der Waals surface area contributed by atoms with Crippen molar-refractivity contribution in [3.63, 3.8) is 0 Å². The third-order valence-electron chi connectivity index (χ3n) is 9.55. The van der Waals surface area contributed by atoms with Crippen LogP contribution in [0.5, 0.6) is 0 Å². The fourth-order valence-electron chi connectivity index (χ4n) is 6.06. The maximum atomic E-state index is 12.6. The van der Waals surface area contributed by atoms with E-state index in [0.29, 0.717) is 12.8 Å². The highest BCUT2D eigenvalue weighted by molar-refractivity contribution is 7.47. The Morgan fingerprint density at radius 3 is 1.43 bits per heavy atom. The van der Waals surface area contributed by atoms with Gasteiger partial charge in [-0.25, -0.2) is 4.57 Å². The molecular formula is C45H83O10P. The van der Waals surface area contributed by atoms with Gasteiger partial charge in [-0.15, -0.1) is 0 Å². The normalized spacial score (nSPS) is 14.2. The number of carbonyl (C=O) groups is 2. The highest BCUT2D eigenvalue weighted by atomic mass is 31.2. The van der Waals surface area contributed by atoms with Gasteiger partial charge in [-0.1, -0.05) is 172 Å². The van der Waals surface area contributed by atoms with E-state index >= 15 is 0 Å². The Morgan fingerprint density at radius 2 is 0.929 bits per heavy atom. The Kier molecular flexibility index (Phi) is 40.0. The monoisotopic (exact) mass is 815 g/mol. The predicted molar refractivity (Wildman–Crippen MR) is 228 cm³/mol. The molecule has 0 aromatic rings. The van der Waals surface area contributed by atoms with E-state index in [1.165, 1.54) is 103 Å². The zero-order chi connectivity index (χ0) is 41.2. The van der Waals surface area contributed by atoms with Crippen LogP contribution in [0.4, 0.5) is 0 Å².